The van der Waals surface area contributed by atoms with Crippen LogP contribution < -0.4 is 10.6 Å². The summed E-state index contributed by atoms with van der Waals surface area (Å²) in [6.45, 7) is 4.78. The molecule has 3 rings (SSSR count). The second-order valence-electron chi connectivity index (χ2n) is 5.39. The summed E-state index contributed by atoms with van der Waals surface area (Å²) in [6.07, 6.45) is 2.29. The highest BCUT2D eigenvalue weighted by molar-refractivity contribution is 5.62. The quantitative estimate of drug-likeness (QED) is 0.873. The van der Waals surface area contributed by atoms with E-state index in [2.05, 4.69) is 20.6 Å². The molecule has 2 aromatic rings. The van der Waals surface area contributed by atoms with E-state index in [9.17, 15) is 4.39 Å². The second-order valence-corrected chi connectivity index (χ2v) is 5.39. The molecule has 0 amide bonds. The molecule has 21 heavy (non-hydrogen) atoms. The maximum absolute atomic E-state index is 13.4. The first-order valence-electron chi connectivity index (χ1n) is 7.31. The van der Waals surface area contributed by atoms with E-state index in [1.165, 1.54) is 12.1 Å². The number of hydrogen-bond acceptors (Lipinski definition) is 4. The van der Waals surface area contributed by atoms with Crippen LogP contribution in [0.2, 0.25) is 0 Å². The van der Waals surface area contributed by atoms with Crippen molar-refractivity contribution in [2.24, 2.45) is 0 Å². The zero-order valence-electron chi connectivity index (χ0n) is 12.3. The van der Waals surface area contributed by atoms with Crippen LogP contribution in [0.15, 0.2) is 24.3 Å². The van der Waals surface area contributed by atoms with E-state index >= 15 is 0 Å². The Kier molecular flexibility index (Phi) is 3.73. The molecule has 1 heterocycles. The minimum absolute atomic E-state index is 0.258. The largest absolute Gasteiger partial charge is 0.370 e. The Labute approximate surface area is 123 Å². The monoisotopic (exact) mass is 286 g/mol. The van der Waals surface area contributed by atoms with E-state index < -0.39 is 0 Å². The van der Waals surface area contributed by atoms with Gasteiger partial charge in [0.15, 0.2) is 0 Å². The lowest BCUT2D eigenvalue weighted by atomic mass is 10.2. The first-order valence-corrected chi connectivity index (χ1v) is 7.31. The van der Waals surface area contributed by atoms with E-state index in [4.69, 9.17) is 0 Å². The minimum Gasteiger partial charge on any atom is -0.370 e. The molecule has 1 aliphatic rings. The number of hydrogen-bond donors (Lipinski definition) is 2. The van der Waals surface area contributed by atoms with Crippen molar-refractivity contribution >= 4 is 17.3 Å². The van der Waals surface area contributed by atoms with Crippen molar-refractivity contribution in [2.75, 3.05) is 17.2 Å². The molecule has 0 spiro atoms. The maximum atomic E-state index is 13.4. The molecule has 1 aromatic heterocycles. The third kappa shape index (κ3) is 3.29. The number of nitrogens with zero attached hydrogens (tertiary/aromatic N) is 2. The summed E-state index contributed by atoms with van der Waals surface area (Å²) in [5.41, 5.74) is 1.71. The zero-order valence-corrected chi connectivity index (χ0v) is 12.3. The van der Waals surface area contributed by atoms with Crippen LogP contribution >= 0.6 is 0 Å². The normalized spacial score (nSPS) is 14.0. The molecule has 110 valence electrons. The van der Waals surface area contributed by atoms with Crippen LogP contribution in [-0.4, -0.2) is 16.5 Å². The fourth-order valence-electron chi connectivity index (χ4n) is 2.19. The van der Waals surface area contributed by atoms with Crippen molar-refractivity contribution in [1.82, 2.24) is 9.97 Å². The molecular weight excluding hydrogens is 267 g/mol. The molecule has 0 atom stereocenters. The fraction of sp³-hybridized carbons (Fsp3) is 0.375. The molecule has 1 aliphatic carbocycles. The van der Waals surface area contributed by atoms with E-state index in [0.717, 1.165) is 42.3 Å². The van der Waals surface area contributed by atoms with Crippen molar-refractivity contribution < 1.29 is 4.39 Å². The Morgan fingerprint density at radius 3 is 2.67 bits per heavy atom. The maximum Gasteiger partial charge on any atom is 0.136 e. The predicted molar refractivity (Wildman–Crippen MR) is 82.6 cm³/mol. The number of anilines is 3. The lowest BCUT2D eigenvalue weighted by Gasteiger charge is -2.12. The summed E-state index contributed by atoms with van der Waals surface area (Å²) in [6, 6.07) is 6.56. The van der Waals surface area contributed by atoms with Gasteiger partial charge >= 0.3 is 0 Å². The Morgan fingerprint density at radius 2 is 1.95 bits per heavy atom. The Morgan fingerprint density at radius 1 is 1.19 bits per heavy atom. The van der Waals surface area contributed by atoms with Crippen LogP contribution in [0.3, 0.4) is 0 Å². The summed E-state index contributed by atoms with van der Waals surface area (Å²) in [4.78, 5) is 9.09. The minimum atomic E-state index is -0.258. The first kappa shape index (κ1) is 13.8. The van der Waals surface area contributed by atoms with Crippen LogP contribution in [-0.2, 0) is 0 Å². The molecule has 2 N–H and O–H groups in total. The van der Waals surface area contributed by atoms with E-state index in [0.29, 0.717) is 11.7 Å². The van der Waals surface area contributed by atoms with Crippen LogP contribution in [0.1, 0.15) is 37.1 Å². The van der Waals surface area contributed by atoms with Gasteiger partial charge in [-0.3, -0.25) is 0 Å². The van der Waals surface area contributed by atoms with Gasteiger partial charge in [-0.1, -0.05) is 6.07 Å². The standard InChI is InChI=1S/C16H19FN4/c1-3-18-14-9-15(21-16(20-14)11-5-6-11)19-13-8-12(17)7-4-10(13)2/h4,7-9,11H,3,5-6H2,1-2H3,(H2,18,19,20,21). The average Bonchev–Trinajstić information content (AvgIpc) is 3.28. The van der Waals surface area contributed by atoms with Gasteiger partial charge in [-0.2, -0.15) is 0 Å². The molecule has 0 unspecified atom stereocenters. The van der Waals surface area contributed by atoms with Crippen molar-refractivity contribution in [3.05, 3.63) is 41.5 Å². The highest BCUT2D eigenvalue weighted by Gasteiger charge is 2.27. The second kappa shape index (κ2) is 5.68. The molecule has 0 aliphatic heterocycles. The summed E-state index contributed by atoms with van der Waals surface area (Å²) < 4.78 is 13.4. The zero-order chi connectivity index (χ0) is 14.8. The number of nitrogens with one attached hydrogen (secondary N) is 2. The van der Waals surface area contributed by atoms with Crippen LogP contribution in [0.4, 0.5) is 21.7 Å². The lowest BCUT2D eigenvalue weighted by Crippen LogP contribution is -2.06. The van der Waals surface area contributed by atoms with Gasteiger partial charge in [0.1, 0.15) is 23.3 Å². The SMILES string of the molecule is CCNc1cc(Nc2cc(F)ccc2C)nc(C2CC2)n1. The highest BCUT2D eigenvalue weighted by Crippen LogP contribution is 2.39. The molecule has 1 aromatic carbocycles. The van der Waals surface area contributed by atoms with Crippen molar-refractivity contribution in [3.63, 3.8) is 0 Å². The molecule has 4 nitrogen and oxygen atoms in total. The average molecular weight is 286 g/mol. The summed E-state index contributed by atoms with van der Waals surface area (Å²) in [5, 5.41) is 6.42. The van der Waals surface area contributed by atoms with Gasteiger partial charge in [-0.25, -0.2) is 14.4 Å². The van der Waals surface area contributed by atoms with Crippen LogP contribution in [0.5, 0.6) is 0 Å². The number of benzene rings is 1. The van der Waals surface area contributed by atoms with Gasteiger partial charge in [-0.15, -0.1) is 0 Å². The molecule has 1 fully saturated rings. The van der Waals surface area contributed by atoms with Crippen molar-refractivity contribution in [3.8, 4) is 0 Å². The predicted octanol–water partition coefficient (Wildman–Crippen LogP) is 3.98. The number of aromatic nitrogens is 2. The molecule has 5 heteroatoms. The highest BCUT2D eigenvalue weighted by atomic mass is 19.1. The molecule has 0 saturated heterocycles. The number of rotatable bonds is 5. The number of halogens is 1. The Bertz CT molecular complexity index is 653. The topological polar surface area (TPSA) is 49.8 Å². The fourth-order valence-corrected chi connectivity index (χ4v) is 2.19. The van der Waals surface area contributed by atoms with Gasteiger partial charge in [0.05, 0.1) is 0 Å². The summed E-state index contributed by atoms with van der Waals surface area (Å²) >= 11 is 0. The van der Waals surface area contributed by atoms with Crippen molar-refractivity contribution in [1.29, 1.82) is 0 Å². The first-order chi connectivity index (χ1) is 10.2. The lowest BCUT2D eigenvalue weighted by molar-refractivity contribution is 0.628. The smallest absolute Gasteiger partial charge is 0.136 e. The van der Waals surface area contributed by atoms with E-state index in [1.54, 1.807) is 6.07 Å². The molecule has 0 radical (unpaired) electrons. The number of aryl methyl sites for hydroxylation is 1. The van der Waals surface area contributed by atoms with Gasteiger partial charge in [0.2, 0.25) is 0 Å². The van der Waals surface area contributed by atoms with Crippen LogP contribution in [0, 0.1) is 12.7 Å². The van der Waals surface area contributed by atoms with Gasteiger partial charge in [-0.05, 0) is 44.4 Å². The molecular formula is C16H19FN4. The van der Waals surface area contributed by atoms with E-state index in [-0.39, 0.29) is 5.82 Å². The van der Waals surface area contributed by atoms with Gasteiger partial charge in [0, 0.05) is 24.2 Å². The third-order valence-corrected chi connectivity index (χ3v) is 3.51. The molecule has 1 saturated carbocycles. The van der Waals surface area contributed by atoms with Gasteiger partial charge < -0.3 is 10.6 Å². The molecule has 0 bridgehead atoms. The summed E-state index contributed by atoms with van der Waals surface area (Å²) in [7, 11) is 0. The van der Waals surface area contributed by atoms with E-state index in [1.807, 2.05) is 19.9 Å². The summed E-state index contributed by atoms with van der Waals surface area (Å²) in [5.74, 6) is 2.59. The third-order valence-electron chi connectivity index (χ3n) is 3.51. The Hall–Kier alpha value is -2.17. The van der Waals surface area contributed by atoms with Crippen LogP contribution in [0.25, 0.3) is 0 Å². The Balaban J connectivity index is 1.91. The van der Waals surface area contributed by atoms with Gasteiger partial charge in [0.25, 0.3) is 0 Å². The van der Waals surface area contributed by atoms with Crippen molar-refractivity contribution in [2.45, 2.75) is 32.6 Å².